The molecule has 2 atom stereocenters. The maximum Gasteiger partial charge on any atom is 0.312 e. The normalized spacial score (nSPS) is 28.5. The van der Waals surface area contributed by atoms with Crippen LogP contribution in [0.1, 0.15) is 25.7 Å². The fraction of sp³-hybridized carbons (Fsp3) is 0.500. The molecule has 0 amide bonds. The van der Waals surface area contributed by atoms with Gasteiger partial charge in [-0.1, -0.05) is 18.2 Å². The molecule has 1 aromatic carbocycles. The smallest absolute Gasteiger partial charge is 0.312 e. The molecule has 6 nitrogen and oxygen atoms in total. The van der Waals surface area contributed by atoms with Gasteiger partial charge >= 0.3 is 5.71 Å². The molecule has 6 heteroatoms. The van der Waals surface area contributed by atoms with Gasteiger partial charge in [0.05, 0.1) is 5.69 Å². The van der Waals surface area contributed by atoms with E-state index in [-0.39, 0.29) is 12.1 Å². The van der Waals surface area contributed by atoms with E-state index in [1.807, 2.05) is 35.3 Å². The number of rotatable bonds is 1. The molecule has 1 aliphatic carbocycles. The highest BCUT2D eigenvalue weighted by Crippen LogP contribution is 2.26. The van der Waals surface area contributed by atoms with E-state index in [1.165, 1.54) is 9.48 Å². The number of nitrogens with zero attached hydrogens (tertiary/aromatic N) is 3. The maximum absolute atomic E-state index is 12.8. The van der Waals surface area contributed by atoms with Crippen LogP contribution < -0.4 is 10.4 Å². The summed E-state index contributed by atoms with van der Waals surface area (Å²) in [7, 11) is 0. The van der Waals surface area contributed by atoms with Crippen molar-refractivity contribution >= 4 is 17.1 Å². The van der Waals surface area contributed by atoms with Crippen molar-refractivity contribution in [2.45, 2.75) is 37.8 Å². The summed E-state index contributed by atoms with van der Waals surface area (Å²) in [6.07, 6.45) is 3.90. The number of benzene rings is 1. The molecule has 2 N–H and O–H groups in total. The van der Waals surface area contributed by atoms with Crippen LogP contribution in [0.2, 0.25) is 0 Å². The van der Waals surface area contributed by atoms with Crippen molar-refractivity contribution in [2.24, 2.45) is 0 Å². The summed E-state index contributed by atoms with van der Waals surface area (Å²) in [5, 5.41) is 25.3. The number of anilines is 1. The van der Waals surface area contributed by atoms with Gasteiger partial charge in [0.1, 0.15) is 13.1 Å². The lowest BCUT2D eigenvalue weighted by molar-refractivity contribution is -0.823. The second-order valence-electron chi connectivity index (χ2n) is 6.24. The lowest BCUT2D eigenvalue weighted by Gasteiger charge is -2.35. The average molecular weight is 301 g/mol. The Balaban J connectivity index is 1.68. The number of hydrogen-bond acceptors (Lipinski definition) is 4. The van der Waals surface area contributed by atoms with E-state index in [1.54, 1.807) is 0 Å². The molecule has 0 aromatic heterocycles. The number of hydrazine groups is 1. The van der Waals surface area contributed by atoms with Crippen molar-refractivity contribution in [3.05, 3.63) is 35.5 Å². The second-order valence-corrected chi connectivity index (χ2v) is 6.24. The molecule has 0 unspecified atom stereocenters. The highest BCUT2D eigenvalue weighted by Gasteiger charge is 2.51. The molecular weight excluding hydrogens is 280 g/mol. The van der Waals surface area contributed by atoms with E-state index in [2.05, 4.69) is 5.43 Å². The van der Waals surface area contributed by atoms with Gasteiger partial charge < -0.3 is 5.21 Å². The summed E-state index contributed by atoms with van der Waals surface area (Å²) in [5.74, 6) is 0. The van der Waals surface area contributed by atoms with Crippen molar-refractivity contribution in [1.82, 2.24) is 5.43 Å². The van der Waals surface area contributed by atoms with E-state index in [0.29, 0.717) is 18.8 Å². The maximum atomic E-state index is 12.8. The highest BCUT2D eigenvalue weighted by molar-refractivity contribution is 6.41. The van der Waals surface area contributed by atoms with Crippen molar-refractivity contribution < 1.29 is 14.7 Å². The van der Waals surface area contributed by atoms with Gasteiger partial charge in [-0.3, -0.25) is 10.2 Å². The first kappa shape index (κ1) is 13.6. The van der Waals surface area contributed by atoms with Gasteiger partial charge in [-0.15, -0.1) is 0 Å². The fourth-order valence-electron chi connectivity index (χ4n) is 3.82. The third-order valence-corrected chi connectivity index (χ3v) is 5.00. The molecule has 4 rings (SSSR count). The highest BCUT2D eigenvalue weighted by atomic mass is 16.5. The fourth-order valence-corrected chi connectivity index (χ4v) is 3.82. The Morgan fingerprint density at radius 3 is 2.59 bits per heavy atom. The van der Waals surface area contributed by atoms with Gasteiger partial charge in [-0.2, -0.15) is 4.74 Å². The van der Waals surface area contributed by atoms with Crippen molar-refractivity contribution in [2.75, 3.05) is 18.1 Å². The molecule has 116 valence electrons. The van der Waals surface area contributed by atoms with Crippen LogP contribution in [-0.4, -0.2) is 51.3 Å². The lowest BCUT2D eigenvalue weighted by atomic mass is 9.88. The van der Waals surface area contributed by atoms with Crippen LogP contribution >= 0.6 is 0 Å². The second kappa shape index (κ2) is 5.28. The van der Waals surface area contributed by atoms with E-state index in [0.717, 1.165) is 37.1 Å². The number of para-hydroxylation sites is 1. The van der Waals surface area contributed by atoms with Crippen molar-refractivity contribution in [3.8, 4) is 0 Å². The Hall–Kier alpha value is -2.08. The van der Waals surface area contributed by atoms with Crippen LogP contribution in [-0.2, 0) is 0 Å². The minimum Gasteiger partial charge on any atom is -0.623 e. The Kier molecular flexibility index (Phi) is 3.26. The number of fused-ring (bicyclic) bond motifs is 2. The van der Waals surface area contributed by atoms with E-state index in [4.69, 9.17) is 0 Å². The van der Waals surface area contributed by atoms with Crippen molar-refractivity contribution in [3.63, 3.8) is 0 Å². The predicted molar refractivity (Wildman–Crippen MR) is 83.5 cm³/mol. The van der Waals surface area contributed by atoms with Gasteiger partial charge in [-0.25, -0.2) is 5.43 Å². The molecule has 22 heavy (non-hydrogen) atoms. The molecule has 3 aliphatic rings. The Labute approximate surface area is 129 Å². The summed E-state index contributed by atoms with van der Waals surface area (Å²) in [5.41, 5.74) is 5.73. The first-order valence-corrected chi connectivity index (χ1v) is 7.98. The largest absolute Gasteiger partial charge is 0.623 e. The van der Waals surface area contributed by atoms with E-state index >= 15 is 0 Å². The Bertz CT molecular complexity index is 641. The summed E-state index contributed by atoms with van der Waals surface area (Å²) in [6, 6.07) is 9.77. The summed E-state index contributed by atoms with van der Waals surface area (Å²) in [6.45, 7) is 0.950. The van der Waals surface area contributed by atoms with Gasteiger partial charge in [0.15, 0.2) is 0 Å². The van der Waals surface area contributed by atoms with Crippen LogP contribution in [0.5, 0.6) is 0 Å². The van der Waals surface area contributed by atoms with E-state index < -0.39 is 0 Å². The average Bonchev–Trinajstić information content (AvgIpc) is 2.60. The minimum atomic E-state index is -0.117. The molecule has 1 saturated heterocycles. The molecule has 0 spiro atoms. The van der Waals surface area contributed by atoms with Crippen LogP contribution in [0.4, 0.5) is 5.69 Å². The summed E-state index contributed by atoms with van der Waals surface area (Å²) in [4.78, 5) is 0. The quantitative estimate of drug-likeness (QED) is 0.464. The zero-order chi connectivity index (χ0) is 15.1. The van der Waals surface area contributed by atoms with Crippen LogP contribution in [0.25, 0.3) is 0 Å². The topological polar surface area (TPSA) is 64.6 Å². The molecule has 1 saturated carbocycles. The molecule has 1 aromatic rings. The first-order chi connectivity index (χ1) is 10.8. The number of nitrogens with one attached hydrogen (secondary N) is 1. The predicted octanol–water partition coefficient (Wildman–Crippen LogP) is 1.13. The first-order valence-electron chi connectivity index (χ1n) is 7.98. The van der Waals surface area contributed by atoms with Crippen LogP contribution in [0.15, 0.2) is 30.3 Å². The molecule has 2 heterocycles. The van der Waals surface area contributed by atoms with Gasteiger partial charge in [0, 0.05) is 12.8 Å². The number of hydrogen-bond donors (Lipinski definition) is 2. The van der Waals surface area contributed by atoms with Gasteiger partial charge in [-0.05, 0) is 29.7 Å². The molecule has 2 aliphatic heterocycles. The van der Waals surface area contributed by atoms with Crippen LogP contribution in [0.3, 0.4) is 0 Å². The lowest BCUT2D eigenvalue weighted by Crippen LogP contribution is -2.63. The van der Waals surface area contributed by atoms with Gasteiger partial charge in [0.2, 0.25) is 6.04 Å². The van der Waals surface area contributed by atoms with Gasteiger partial charge in [0.25, 0.3) is 11.8 Å². The third-order valence-electron chi connectivity index (χ3n) is 5.00. The zero-order valence-corrected chi connectivity index (χ0v) is 12.5. The molecule has 0 bridgehead atoms. The number of hydroxylamine groups is 2. The minimum absolute atomic E-state index is 0.0601. The monoisotopic (exact) mass is 301 g/mol. The molecule has 2 fully saturated rings. The Morgan fingerprint density at radius 2 is 1.82 bits per heavy atom. The summed E-state index contributed by atoms with van der Waals surface area (Å²) >= 11 is 0. The van der Waals surface area contributed by atoms with E-state index in [9.17, 15) is 10.4 Å². The summed E-state index contributed by atoms with van der Waals surface area (Å²) < 4.78 is 2.53. The van der Waals surface area contributed by atoms with Crippen molar-refractivity contribution in [1.29, 1.82) is 0 Å². The molecule has 0 radical (unpaired) electrons. The van der Waals surface area contributed by atoms with Crippen LogP contribution in [0, 0.1) is 5.21 Å². The zero-order valence-electron chi connectivity index (χ0n) is 12.5. The molecular formula is C16H21N4O2+. The third kappa shape index (κ3) is 2.06. The SMILES string of the molecule is [O-][N+]1=C2CN(c3ccccc3)NCC2=[N+](O)[C@H]2CCCC[C@H]21. The Morgan fingerprint density at radius 1 is 1.09 bits per heavy atom. The standard InChI is InChI=1S/C16H21N4O2/c21-19-13-8-4-5-9-14(13)20(22)16-11-18(17-10-15(16)19)12-6-2-1-3-7-12/h1-3,6-7,13-14,17,21H,4-5,8-11H2/q+1/t13-,14+/m0/s1.